The molecule has 0 atom stereocenters. The van der Waals surface area contributed by atoms with Gasteiger partial charge in [0.25, 0.3) is 0 Å². The molecule has 0 radical (unpaired) electrons. The molecule has 2 aromatic carbocycles. The third kappa shape index (κ3) is 4.12. The van der Waals surface area contributed by atoms with Crippen LogP contribution < -0.4 is 10.6 Å². The van der Waals surface area contributed by atoms with Gasteiger partial charge in [-0.15, -0.1) is 0 Å². The van der Waals surface area contributed by atoms with Crippen molar-refractivity contribution in [1.29, 1.82) is 0 Å². The maximum atomic E-state index is 11.7. The molecule has 0 fully saturated rings. The molecule has 0 spiro atoms. The molecular weight excluding hydrogens is 358 g/mol. The Labute approximate surface area is 161 Å². The Morgan fingerprint density at radius 2 is 1.64 bits per heavy atom. The number of nitrogens with zero attached hydrogens (tertiary/aromatic N) is 3. The molecule has 3 rings (SSSR count). The molecule has 0 amide bonds. The van der Waals surface area contributed by atoms with Crippen LogP contribution in [0.1, 0.15) is 28.4 Å². The highest BCUT2D eigenvalue weighted by Crippen LogP contribution is 2.33. The first-order valence-corrected chi connectivity index (χ1v) is 8.57. The SMILES string of the molecule is CC(=O)c1ccc(Nc2ncnc(Nc3ccc(C)cc3C)c2[N+](=O)[O-])cc1. The van der Waals surface area contributed by atoms with Gasteiger partial charge >= 0.3 is 5.69 Å². The highest BCUT2D eigenvalue weighted by Gasteiger charge is 2.23. The normalized spacial score (nSPS) is 10.4. The number of nitrogens with one attached hydrogen (secondary N) is 2. The molecule has 0 saturated carbocycles. The molecular formula is C20H19N5O3. The number of aryl methyl sites for hydroxylation is 2. The zero-order chi connectivity index (χ0) is 20.3. The van der Waals surface area contributed by atoms with Crippen LogP contribution >= 0.6 is 0 Å². The number of anilines is 4. The van der Waals surface area contributed by atoms with Crippen molar-refractivity contribution < 1.29 is 9.72 Å². The first-order chi connectivity index (χ1) is 13.3. The highest BCUT2D eigenvalue weighted by molar-refractivity contribution is 5.94. The van der Waals surface area contributed by atoms with Crippen LogP contribution in [0, 0.1) is 24.0 Å². The third-order valence-corrected chi connectivity index (χ3v) is 4.19. The smallest absolute Gasteiger partial charge is 0.334 e. The van der Waals surface area contributed by atoms with E-state index in [1.807, 2.05) is 32.0 Å². The summed E-state index contributed by atoms with van der Waals surface area (Å²) >= 11 is 0. The minimum atomic E-state index is -0.530. The lowest BCUT2D eigenvalue weighted by molar-refractivity contribution is -0.383. The lowest BCUT2D eigenvalue weighted by atomic mass is 10.1. The van der Waals surface area contributed by atoms with Crippen molar-refractivity contribution in [2.24, 2.45) is 0 Å². The number of nitro groups is 1. The summed E-state index contributed by atoms with van der Waals surface area (Å²) in [5.41, 5.74) is 3.63. The number of hydrogen-bond donors (Lipinski definition) is 2. The fourth-order valence-electron chi connectivity index (χ4n) is 2.74. The molecule has 28 heavy (non-hydrogen) atoms. The van der Waals surface area contributed by atoms with Crippen molar-refractivity contribution in [2.75, 3.05) is 10.6 Å². The number of rotatable bonds is 6. The lowest BCUT2D eigenvalue weighted by Crippen LogP contribution is -2.06. The molecule has 1 aromatic heterocycles. The third-order valence-electron chi connectivity index (χ3n) is 4.19. The second kappa shape index (κ2) is 7.83. The summed E-state index contributed by atoms with van der Waals surface area (Å²) in [5, 5.41) is 17.7. The van der Waals surface area contributed by atoms with Crippen molar-refractivity contribution in [3.8, 4) is 0 Å². The number of carbonyl (C=O) groups is 1. The van der Waals surface area contributed by atoms with Crippen LogP contribution in [0.5, 0.6) is 0 Å². The summed E-state index contributed by atoms with van der Waals surface area (Å²) in [6, 6.07) is 12.4. The van der Waals surface area contributed by atoms with E-state index in [9.17, 15) is 14.9 Å². The summed E-state index contributed by atoms with van der Waals surface area (Å²) in [6.07, 6.45) is 1.26. The van der Waals surface area contributed by atoms with Crippen LogP contribution in [0.2, 0.25) is 0 Å². The largest absolute Gasteiger partial charge is 0.353 e. The first kappa shape index (κ1) is 19.0. The van der Waals surface area contributed by atoms with Gasteiger partial charge in [0.05, 0.1) is 4.92 Å². The lowest BCUT2D eigenvalue weighted by Gasteiger charge is -2.12. The van der Waals surface area contributed by atoms with E-state index in [4.69, 9.17) is 0 Å². The Balaban J connectivity index is 1.95. The summed E-state index contributed by atoms with van der Waals surface area (Å²) < 4.78 is 0. The van der Waals surface area contributed by atoms with E-state index in [0.29, 0.717) is 11.3 Å². The van der Waals surface area contributed by atoms with Crippen molar-refractivity contribution in [2.45, 2.75) is 20.8 Å². The van der Waals surface area contributed by atoms with E-state index in [0.717, 1.165) is 16.8 Å². The van der Waals surface area contributed by atoms with E-state index in [2.05, 4.69) is 20.6 Å². The zero-order valence-electron chi connectivity index (χ0n) is 15.7. The zero-order valence-corrected chi connectivity index (χ0v) is 15.7. The maximum Gasteiger partial charge on any atom is 0.353 e. The van der Waals surface area contributed by atoms with Crippen LogP contribution in [-0.2, 0) is 0 Å². The highest BCUT2D eigenvalue weighted by atomic mass is 16.6. The molecule has 0 saturated heterocycles. The average Bonchev–Trinajstić information content (AvgIpc) is 2.64. The van der Waals surface area contributed by atoms with E-state index < -0.39 is 4.92 Å². The summed E-state index contributed by atoms with van der Waals surface area (Å²) in [6.45, 7) is 5.37. The van der Waals surface area contributed by atoms with Crippen LogP contribution in [0.25, 0.3) is 0 Å². The monoisotopic (exact) mass is 377 g/mol. The predicted octanol–water partition coefficient (Wildman–Crippen LogP) is 4.69. The molecule has 8 nitrogen and oxygen atoms in total. The average molecular weight is 377 g/mol. The van der Waals surface area contributed by atoms with Gasteiger partial charge in [0, 0.05) is 16.9 Å². The number of Topliss-reactive ketones (excluding diaryl/α,β-unsaturated/α-hetero) is 1. The Kier molecular flexibility index (Phi) is 5.30. The van der Waals surface area contributed by atoms with Gasteiger partial charge in [-0.1, -0.05) is 17.7 Å². The van der Waals surface area contributed by atoms with Gasteiger partial charge in [-0.05, 0) is 56.7 Å². The second-order valence-corrected chi connectivity index (χ2v) is 6.38. The van der Waals surface area contributed by atoms with E-state index in [1.54, 1.807) is 24.3 Å². The molecule has 2 N–H and O–H groups in total. The van der Waals surface area contributed by atoms with Gasteiger partial charge in [-0.25, -0.2) is 9.97 Å². The molecule has 0 unspecified atom stereocenters. The number of carbonyl (C=O) groups excluding carboxylic acids is 1. The minimum Gasteiger partial charge on any atom is -0.334 e. The second-order valence-electron chi connectivity index (χ2n) is 6.38. The summed E-state index contributed by atoms with van der Waals surface area (Å²) in [5.74, 6) is 0.0946. The molecule has 142 valence electrons. The number of benzene rings is 2. The van der Waals surface area contributed by atoms with Crippen molar-refractivity contribution >= 4 is 34.5 Å². The van der Waals surface area contributed by atoms with E-state index >= 15 is 0 Å². The van der Waals surface area contributed by atoms with Gasteiger partial charge in [-0.3, -0.25) is 14.9 Å². The van der Waals surface area contributed by atoms with Gasteiger partial charge in [0.15, 0.2) is 5.78 Å². The van der Waals surface area contributed by atoms with Crippen LogP contribution in [-0.4, -0.2) is 20.7 Å². The van der Waals surface area contributed by atoms with Gasteiger partial charge in [-0.2, -0.15) is 0 Å². The first-order valence-electron chi connectivity index (χ1n) is 8.57. The Morgan fingerprint density at radius 3 is 2.21 bits per heavy atom. The Bertz CT molecular complexity index is 1050. The molecule has 0 aliphatic heterocycles. The van der Waals surface area contributed by atoms with Crippen molar-refractivity contribution in [3.63, 3.8) is 0 Å². The summed E-state index contributed by atoms with van der Waals surface area (Å²) in [7, 11) is 0. The number of ketones is 1. The molecule has 0 bridgehead atoms. The van der Waals surface area contributed by atoms with Gasteiger partial charge in [0.2, 0.25) is 11.6 Å². The fourth-order valence-corrected chi connectivity index (χ4v) is 2.74. The Morgan fingerprint density at radius 1 is 1.00 bits per heavy atom. The van der Waals surface area contributed by atoms with Crippen molar-refractivity contribution in [3.05, 3.63) is 75.6 Å². The van der Waals surface area contributed by atoms with Crippen molar-refractivity contribution in [1.82, 2.24) is 9.97 Å². The molecule has 1 heterocycles. The molecule has 3 aromatic rings. The van der Waals surface area contributed by atoms with Crippen LogP contribution in [0.3, 0.4) is 0 Å². The predicted molar refractivity (Wildman–Crippen MR) is 108 cm³/mol. The number of aromatic nitrogens is 2. The van der Waals surface area contributed by atoms with Crippen LogP contribution in [0.4, 0.5) is 28.7 Å². The minimum absolute atomic E-state index is 0.0560. The number of hydrogen-bond acceptors (Lipinski definition) is 7. The molecule has 0 aliphatic rings. The summed E-state index contributed by atoms with van der Waals surface area (Å²) in [4.78, 5) is 30.6. The van der Waals surface area contributed by atoms with Crippen LogP contribution in [0.15, 0.2) is 48.8 Å². The van der Waals surface area contributed by atoms with E-state index in [1.165, 1.54) is 13.3 Å². The fraction of sp³-hybridized carbons (Fsp3) is 0.150. The molecule has 8 heteroatoms. The van der Waals surface area contributed by atoms with Gasteiger partial charge < -0.3 is 10.6 Å². The maximum absolute atomic E-state index is 11.7. The quantitative estimate of drug-likeness (QED) is 0.364. The topological polar surface area (TPSA) is 110 Å². The Hall–Kier alpha value is -3.81. The van der Waals surface area contributed by atoms with E-state index in [-0.39, 0.29) is 23.1 Å². The molecule has 0 aliphatic carbocycles. The standard InChI is InChI=1S/C20H19N5O3/c1-12-4-9-17(13(2)10-12)24-20-18(25(27)28)19(21-11-22-20)23-16-7-5-15(6-8-16)14(3)26/h4-11H,1-3H3,(H2,21,22,23,24). The van der Waals surface area contributed by atoms with Gasteiger partial charge in [0.1, 0.15) is 6.33 Å².